The molecule has 1 aromatic heterocycles. The maximum absolute atomic E-state index is 13.5. The van der Waals surface area contributed by atoms with E-state index in [9.17, 15) is 14.4 Å². The first-order chi connectivity index (χ1) is 15.0. The molecule has 7 nitrogen and oxygen atoms in total. The van der Waals surface area contributed by atoms with Crippen molar-refractivity contribution in [1.29, 1.82) is 0 Å². The number of nitrogens with one attached hydrogen (secondary N) is 2. The third-order valence-corrected chi connectivity index (χ3v) is 6.03. The van der Waals surface area contributed by atoms with E-state index in [0.717, 1.165) is 16.7 Å². The highest BCUT2D eigenvalue weighted by molar-refractivity contribution is 6.23. The average molecular weight is 415 g/mol. The van der Waals surface area contributed by atoms with Gasteiger partial charge in [-0.25, -0.2) is 4.79 Å². The molecule has 1 aliphatic carbocycles. The number of allylic oxidation sites excluding steroid dienone is 1. The number of Topliss-reactive ketones (excluding diaryl/α,β-unsaturated/α-hetero) is 1. The lowest BCUT2D eigenvalue weighted by atomic mass is 9.80. The summed E-state index contributed by atoms with van der Waals surface area (Å²) < 4.78 is 6.64. The number of anilines is 1. The monoisotopic (exact) mass is 415 g/mol. The second-order valence-electron chi connectivity index (χ2n) is 7.74. The number of aromatic amines is 1. The number of hydrogen-bond donors (Lipinski definition) is 2. The highest BCUT2D eigenvalue weighted by atomic mass is 16.5. The van der Waals surface area contributed by atoms with Gasteiger partial charge < -0.3 is 10.1 Å². The van der Waals surface area contributed by atoms with Crippen LogP contribution < -0.4 is 16.6 Å². The van der Waals surface area contributed by atoms with E-state index in [0.29, 0.717) is 34.8 Å². The summed E-state index contributed by atoms with van der Waals surface area (Å²) in [6.07, 6.45) is 0. The minimum absolute atomic E-state index is 0.106. The molecular formula is C24H21N3O4. The third-order valence-electron chi connectivity index (χ3n) is 6.03. The van der Waals surface area contributed by atoms with Crippen LogP contribution in [0.4, 0.5) is 5.82 Å². The molecule has 0 spiro atoms. The number of fused-ring (bicyclic) bond motifs is 3. The first-order valence-corrected chi connectivity index (χ1v) is 10.1. The van der Waals surface area contributed by atoms with Crippen molar-refractivity contribution in [3.63, 3.8) is 0 Å². The number of hydrogen-bond acceptors (Lipinski definition) is 5. The first-order valence-electron chi connectivity index (χ1n) is 10.1. The minimum atomic E-state index is -0.592. The third kappa shape index (κ3) is 2.81. The van der Waals surface area contributed by atoms with Crippen LogP contribution in [-0.4, -0.2) is 29.1 Å². The summed E-state index contributed by atoms with van der Waals surface area (Å²) in [5.74, 6) is -0.293. The molecular weight excluding hydrogens is 394 g/mol. The van der Waals surface area contributed by atoms with Gasteiger partial charge in [0.2, 0.25) is 0 Å². The zero-order valence-corrected chi connectivity index (χ0v) is 17.2. The number of ketones is 1. The van der Waals surface area contributed by atoms with Crippen LogP contribution in [0.1, 0.15) is 38.5 Å². The highest BCUT2D eigenvalue weighted by Crippen LogP contribution is 2.48. The van der Waals surface area contributed by atoms with Crippen LogP contribution in [0.15, 0.2) is 63.7 Å². The van der Waals surface area contributed by atoms with E-state index in [1.807, 2.05) is 49.4 Å². The predicted molar refractivity (Wildman–Crippen MR) is 118 cm³/mol. The van der Waals surface area contributed by atoms with Gasteiger partial charge in [-0.3, -0.25) is 19.1 Å². The number of benzene rings is 2. The molecule has 1 unspecified atom stereocenters. The van der Waals surface area contributed by atoms with Crippen LogP contribution in [-0.2, 0) is 11.3 Å². The topological polar surface area (TPSA) is 93.2 Å². The highest BCUT2D eigenvalue weighted by Gasteiger charge is 2.42. The van der Waals surface area contributed by atoms with E-state index in [2.05, 4.69) is 10.3 Å². The maximum atomic E-state index is 13.5. The Kier molecular flexibility index (Phi) is 4.48. The zero-order chi connectivity index (χ0) is 21.7. The van der Waals surface area contributed by atoms with Crippen LogP contribution >= 0.6 is 0 Å². The lowest BCUT2D eigenvalue weighted by molar-refractivity contribution is 0.103. The van der Waals surface area contributed by atoms with Gasteiger partial charge in [-0.2, -0.15) is 0 Å². The largest absolute Gasteiger partial charge is 0.383 e. The molecule has 0 saturated carbocycles. The standard InChI is InChI=1S/C24H21N3O4/c1-13-7-3-4-8-14(13)17-18-20(15-9-5-6-10-16(15)21(18)28)25-22-19(17)23(29)26-24(30)27(22)11-12-31-2/h3-10,17,25H,11-12H2,1-2H3,(H,26,29,30). The summed E-state index contributed by atoms with van der Waals surface area (Å²) in [6.45, 7) is 2.52. The number of H-pyrrole nitrogens is 1. The molecule has 5 rings (SSSR count). The molecule has 2 aromatic carbocycles. The Morgan fingerprint density at radius 3 is 2.45 bits per heavy atom. The van der Waals surface area contributed by atoms with E-state index in [4.69, 9.17) is 4.74 Å². The summed E-state index contributed by atoms with van der Waals surface area (Å²) in [4.78, 5) is 41.7. The number of ether oxygens (including phenoxy) is 1. The Morgan fingerprint density at radius 2 is 1.71 bits per heavy atom. The van der Waals surface area contributed by atoms with Gasteiger partial charge in [0.15, 0.2) is 5.78 Å². The van der Waals surface area contributed by atoms with Gasteiger partial charge in [-0.05, 0) is 18.1 Å². The first kappa shape index (κ1) is 19.3. The normalized spacial score (nSPS) is 16.6. The van der Waals surface area contributed by atoms with Crippen molar-refractivity contribution in [3.05, 3.63) is 103 Å². The molecule has 0 amide bonds. The molecule has 0 saturated heterocycles. The summed E-state index contributed by atoms with van der Waals surface area (Å²) in [5, 5.41) is 3.27. The number of rotatable bonds is 4. The summed E-state index contributed by atoms with van der Waals surface area (Å²) in [5.41, 5.74) is 3.73. The molecule has 0 radical (unpaired) electrons. The molecule has 1 aliphatic heterocycles. The molecule has 1 atom stereocenters. The Morgan fingerprint density at radius 1 is 1.00 bits per heavy atom. The molecule has 156 valence electrons. The molecule has 0 fully saturated rings. The number of carbonyl (C=O) groups excluding carboxylic acids is 1. The van der Waals surface area contributed by atoms with Crippen molar-refractivity contribution in [2.75, 3.05) is 19.0 Å². The summed E-state index contributed by atoms with van der Waals surface area (Å²) in [7, 11) is 1.55. The Labute approximate surface area is 178 Å². The zero-order valence-electron chi connectivity index (χ0n) is 17.2. The molecule has 7 heteroatoms. The van der Waals surface area contributed by atoms with Gasteiger partial charge in [-0.15, -0.1) is 0 Å². The van der Waals surface area contributed by atoms with Gasteiger partial charge in [-0.1, -0.05) is 48.5 Å². The number of aromatic nitrogens is 2. The van der Waals surface area contributed by atoms with E-state index in [1.165, 1.54) is 4.57 Å². The van der Waals surface area contributed by atoms with Crippen molar-refractivity contribution < 1.29 is 9.53 Å². The van der Waals surface area contributed by atoms with Crippen molar-refractivity contribution in [3.8, 4) is 0 Å². The molecule has 0 bridgehead atoms. The number of nitrogens with zero attached hydrogens (tertiary/aromatic N) is 1. The number of aryl methyl sites for hydroxylation is 1. The molecule has 2 N–H and O–H groups in total. The Bertz CT molecular complexity index is 1380. The van der Waals surface area contributed by atoms with Crippen molar-refractivity contribution >= 4 is 17.3 Å². The average Bonchev–Trinajstić information content (AvgIpc) is 3.05. The predicted octanol–water partition coefficient (Wildman–Crippen LogP) is 2.66. The number of methoxy groups -OCH3 is 1. The lowest BCUT2D eigenvalue weighted by Crippen LogP contribution is -2.39. The quantitative estimate of drug-likeness (QED) is 0.683. The second-order valence-corrected chi connectivity index (χ2v) is 7.74. The smallest absolute Gasteiger partial charge is 0.330 e. The van der Waals surface area contributed by atoms with Crippen molar-refractivity contribution in [2.45, 2.75) is 19.4 Å². The van der Waals surface area contributed by atoms with Crippen LogP contribution in [0.25, 0.3) is 5.70 Å². The van der Waals surface area contributed by atoms with E-state index in [-0.39, 0.29) is 12.3 Å². The van der Waals surface area contributed by atoms with Gasteiger partial charge in [0.1, 0.15) is 5.82 Å². The van der Waals surface area contributed by atoms with Gasteiger partial charge in [0.05, 0.1) is 24.4 Å². The van der Waals surface area contributed by atoms with Crippen molar-refractivity contribution in [1.82, 2.24) is 9.55 Å². The molecule has 3 aromatic rings. The van der Waals surface area contributed by atoms with E-state index >= 15 is 0 Å². The van der Waals surface area contributed by atoms with Gasteiger partial charge in [0.25, 0.3) is 5.56 Å². The Balaban J connectivity index is 1.85. The van der Waals surface area contributed by atoms with Gasteiger partial charge in [0, 0.05) is 29.7 Å². The lowest BCUT2D eigenvalue weighted by Gasteiger charge is -2.30. The maximum Gasteiger partial charge on any atom is 0.330 e. The number of carbonyl (C=O) groups is 1. The molecule has 31 heavy (non-hydrogen) atoms. The summed E-state index contributed by atoms with van der Waals surface area (Å²) >= 11 is 0. The fourth-order valence-electron chi connectivity index (χ4n) is 4.58. The minimum Gasteiger partial charge on any atom is -0.383 e. The van der Waals surface area contributed by atoms with Crippen LogP contribution in [0.2, 0.25) is 0 Å². The van der Waals surface area contributed by atoms with E-state index in [1.54, 1.807) is 13.2 Å². The SMILES string of the molecule is COCCn1c2c(c(=O)[nH]c1=O)C(c1ccccc1C)C1=C(N2)c2ccccc2C1=O. The molecule has 2 heterocycles. The van der Waals surface area contributed by atoms with Crippen molar-refractivity contribution in [2.24, 2.45) is 0 Å². The Hall–Kier alpha value is -3.71. The fourth-order valence-corrected chi connectivity index (χ4v) is 4.58. The van der Waals surface area contributed by atoms with Gasteiger partial charge >= 0.3 is 5.69 Å². The van der Waals surface area contributed by atoms with Crippen LogP contribution in [0.3, 0.4) is 0 Å². The second kappa shape index (κ2) is 7.21. The summed E-state index contributed by atoms with van der Waals surface area (Å²) in [6, 6.07) is 15.1. The van der Waals surface area contributed by atoms with E-state index < -0.39 is 17.2 Å². The van der Waals surface area contributed by atoms with Crippen LogP contribution in [0.5, 0.6) is 0 Å². The van der Waals surface area contributed by atoms with Crippen LogP contribution in [0, 0.1) is 6.92 Å². The molecule has 2 aliphatic rings. The fraction of sp³-hybridized carbons (Fsp3) is 0.208.